The second kappa shape index (κ2) is 8.97. The third-order valence-corrected chi connectivity index (χ3v) is 4.11. The molecule has 0 atom stereocenters. The highest BCUT2D eigenvalue weighted by atomic mass is 32.2. The normalized spacial score (nSPS) is 10.3. The van der Waals surface area contributed by atoms with E-state index in [1.807, 2.05) is 18.2 Å². The number of carbonyl (C=O) groups is 1. The first-order valence-corrected chi connectivity index (χ1v) is 8.51. The fourth-order valence-electron chi connectivity index (χ4n) is 2.09. The van der Waals surface area contributed by atoms with Gasteiger partial charge in [0.1, 0.15) is 11.6 Å². The molecule has 1 aromatic heterocycles. The zero-order chi connectivity index (χ0) is 18.2. The molecule has 1 aromatic carbocycles. The lowest BCUT2D eigenvalue weighted by Crippen LogP contribution is -2.27. The minimum Gasteiger partial charge on any atom is -0.493 e. The third-order valence-electron chi connectivity index (χ3n) is 3.26. The summed E-state index contributed by atoms with van der Waals surface area (Å²) in [6.45, 7) is 0.509. The number of amides is 1. The van der Waals surface area contributed by atoms with Gasteiger partial charge in [0, 0.05) is 12.6 Å². The zero-order valence-corrected chi connectivity index (χ0v) is 14.9. The van der Waals surface area contributed by atoms with Gasteiger partial charge in [-0.1, -0.05) is 17.8 Å². The Hall–Kier alpha value is -2.68. The van der Waals surface area contributed by atoms with E-state index in [-0.39, 0.29) is 23.3 Å². The molecule has 0 fully saturated rings. The lowest BCUT2D eigenvalue weighted by Gasteiger charge is -2.10. The van der Waals surface area contributed by atoms with Gasteiger partial charge in [-0.2, -0.15) is 0 Å². The summed E-state index contributed by atoms with van der Waals surface area (Å²) in [7, 11) is 3.18. The highest BCUT2D eigenvalue weighted by Crippen LogP contribution is 2.27. The predicted octanol–water partition coefficient (Wildman–Crippen LogP) is 1.11. The highest BCUT2D eigenvalue weighted by molar-refractivity contribution is 7.99. The van der Waals surface area contributed by atoms with Crippen molar-refractivity contribution in [2.24, 2.45) is 0 Å². The van der Waals surface area contributed by atoms with Crippen LogP contribution in [0.15, 0.2) is 29.4 Å². The Morgan fingerprint density at radius 3 is 2.44 bits per heavy atom. The molecule has 0 spiro atoms. The fraction of sp³-hybridized carbons (Fsp3) is 0.312. The number of methoxy groups -OCH3 is 2. The molecule has 0 bridgehead atoms. The van der Waals surface area contributed by atoms with Gasteiger partial charge in [-0.05, 0) is 24.1 Å². The van der Waals surface area contributed by atoms with E-state index >= 15 is 0 Å². The van der Waals surface area contributed by atoms with Crippen LogP contribution in [-0.2, 0) is 11.2 Å². The van der Waals surface area contributed by atoms with Crippen molar-refractivity contribution in [2.75, 3.05) is 38.0 Å². The number of carbonyl (C=O) groups excluding carboxylic acids is 1. The van der Waals surface area contributed by atoms with Crippen molar-refractivity contribution in [3.8, 4) is 11.5 Å². The van der Waals surface area contributed by atoms with Crippen molar-refractivity contribution in [3.05, 3.63) is 29.8 Å². The molecule has 0 radical (unpaired) electrons. The Balaban J connectivity index is 1.78. The Morgan fingerprint density at radius 1 is 1.12 bits per heavy atom. The molecule has 134 valence electrons. The van der Waals surface area contributed by atoms with Crippen molar-refractivity contribution in [3.63, 3.8) is 0 Å². The van der Waals surface area contributed by atoms with E-state index in [9.17, 15) is 4.79 Å². The maximum Gasteiger partial charge on any atom is 0.230 e. The van der Waals surface area contributed by atoms with Gasteiger partial charge in [0.25, 0.3) is 0 Å². The molecular weight excluding hydrogens is 342 g/mol. The van der Waals surface area contributed by atoms with E-state index < -0.39 is 0 Å². The van der Waals surface area contributed by atoms with Crippen molar-refractivity contribution in [1.82, 2.24) is 15.3 Å². The van der Waals surface area contributed by atoms with Crippen molar-refractivity contribution in [1.29, 1.82) is 0 Å². The van der Waals surface area contributed by atoms with Crippen molar-refractivity contribution >= 4 is 29.3 Å². The standard InChI is InChI=1S/C16H21N5O3S/c1-23-11-4-3-10(7-12(11)24-2)5-6-19-15(22)9-25-16-20-13(17)8-14(18)21-16/h3-4,7-8H,5-6,9H2,1-2H3,(H,19,22)(H4,17,18,20,21). The Bertz CT molecular complexity index is 721. The van der Waals surface area contributed by atoms with Crippen LogP contribution in [0.4, 0.5) is 11.6 Å². The Kier molecular flexibility index (Phi) is 6.70. The Morgan fingerprint density at radius 2 is 1.80 bits per heavy atom. The highest BCUT2D eigenvalue weighted by Gasteiger charge is 2.08. The van der Waals surface area contributed by atoms with Gasteiger partial charge < -0.3 is 26.3 Å². The summed E-state index contributed by atoms with van der Waals surface area (Å²) >= 11 is 1.18. The van der Waals surface area contributed by atoms with Crippen LogP contribution in [0.3, 0.4) is 0 Å². The van der Waals surface area contributed by atoms with Crippen molar-refractivity contribution < 1.29 is 14.3 Å². The Labute approximate surface area is 150 Å². The van der Waals surface area contributed by atoms with E-state index in [2.05, 4.69) is 15.3 Å². The number of rotatable bonds is 8. The zero-order valence-electron chi connectivity index (χ0n) is 14.1. The summed E-state index contributed by atoms with van der Waals surface area (Å²) in [6, 6.07) is 7.13. The smallest absolute Gasteiger partial charge is 0.230 e. The van der Waals surface area contributed by atoms with E-state index in [1.165, 1.54) is 17.8 Å². The second-order valence-corrected chi connectivity index (χ2v) is 6.02. The van der Waals surface area contributed by atoms with Gasteiger partial charge in [0.15, 0.2) is 16.7 Å². The van der Waals surface area contributed by atoms with Gasteiger partial charge in [0.05, 0.1) is 20.0 Å². The first kappa shape index (κ1) is 18.7. The van der Waals surface area contributed by atoms with Crippen LogP contribution in [0.2, 0.25) is 0 Å². The molecule has 0 saturated heterocycles. The van der Waals surface area contributed by atoms with E-state index in [0.717, 1.165) is 5.56 Å². The number of nitrogens with zero attached hydrogens (tertiary/aromatic N) is 2. The number of thioether (sulfide) groups is 1. The summed E-state index contributed by atoms with van der Waals surface area (Å²) in [4.78, 5) is 19.9. The molecule has 5 N–H and O–H groups in total. The molecule has 2 rings (SSSR count). The van der Waals surface area contributed by atoms with Crippen LogP contribution in [0.1, 0.15) is 5.56 Å². The van der Waals surface area contributed by atoms with Crippen LogP contribution < -0.4 is 26.3 Å². The molecule has 0 aliphatic heterocycles. The average Bonchev–Trinajstić information content (AvgIpc) is 2.59. The number of hydrogen-bond donors (Lipinski definition) is 3. The van der Waals surface area contributed by atoms with Gasteiger partial charge in [-0.15, -0.1) is 0 Å². The molecule has 8 nitrogen and oxygen atoms in total. The number of benzene rings is 1. The molecule has 9 heteroatoms. The van der Waals surface area contributed by atoms with E-state index in [1.54, 1.807) is 14.2 Å². The minimum absolute atomic E-state index is 0.116. The molecule has 1 heterocycles. The van der Waals surface area contributed by atoms with Gasteiger partial charge in [-0.25, -0.2) is 9.97 Å². The van der Waals surface area contributed by atoms with Gasteiger partial charge >= 0.3 is 0 Å². The largest absolute Gasteiger partial charge is 0.493 e. The predicted molar refractivity (Wildman–Crippen MR) is 97.8 cm³/mol. The number of nitrogens with one attached hydrogen (secondary N) is 1. The minimum atomic E-state index is -0.116. The van der Waals surface area contributed by atoms with E-state index in [4.69, 9.17) is 20.9 Å². The average molecular weight is 363 g/mol. The molecule has 1 amide bonds. The monoisotopic (exact) mass is 363 g/mol. The van der Waals surface area contributed by atoms with Crippen LogP contribution in [0.25, 0.3) is 0 Å². The summed E-state index contributed by atoms with van der Waals surface area (Å²) < 4.78 is 10.5. The van der Waals surface area contributed by atoms with Crippen LogP contribution in [-0.4, -0.2) is 42.4 Å². The van der Waals surface area contributed by atoms with Gasteiger partial charge in [-0.3, -0.25) is 4.79 Å². The molecule has 0 saturated carbocycles. The van der Waals surface area contributed by atoms with Crippen LogP contribution in [0.5, 0.6) is 11.5 Å². The summed E-state index contributed by atoms with van der Waals surface area (Å²) in [5, 5.41) is 3.23. The molecule has 25 heavy (non-hydrogen) atoms. The molecular formula is C16H21N5O3S. The summed E-state index contributed by atoms with van der Waals surface area (Å²) in [6.07, 6.45) is 0.679. The molecule has 0 unspecified atom stereocenters. The number of aromatic nitrogens is 2. The number of nitrogen functional groups attached to an aromatic ring is 2. The maximum atomic E-state index is 11.9. The first-order valence-electron chi connectivity index (χ1n) is 7.52. The lowest BCUT2D eigenvalue weighted by molar-refractivity contribution is -0.118. The topological polar surface area (TPSA) is 125 Å². The second-order valence-electron chi connectivity index (χ2n) is 5.08. The number of hydrogen-bond acceptors (Lipinski definition) is 8. The van der Waals surface area contributed by atoms with Crippen molar-refractivity contribution in [2.45, 2.75) is 11.6 Å². The third kappa shape index (κ3) is 5.71. The van der Waals surface area contributed by atoms with E-state index in [0.29, 0.717) is 29.6 Å². The van der Waals surface area contributed by atoms with Crippen LogP contribution >= 0.6 is 11.8 Å². The fourth-order valence-corrected chi connectivity index (χ4v) is 2.79. The van der Waals surface area contributed by atoms with Crippen LogP contribution in [0, 0.1) is 0 Å². The maximum absolute atomic E-state index is 11.9. The summed E-state index contributed by atoms with van der Waals surface area (Å²) in [5.41, 5.74) is 12.2. The summed E-state index contributed by atoms with van der Waals surface area (Å²) in [5.74, 6) is 1.98. The number of nitrogens with two attached hydrogens (primary N) is 2. The SMILES string of the molecule is COc1ccc(CCNC(=O)CSc2nc(N)cc(N)n2)cc1OC. The van der Waals surface area contributed by atoms with Gasteiger partial charge in [0.2, 0.25) is 5.91 Å². The molecule has 2 aromatic rings. The molecule has 0 aliphatic rings. The number of anilines is 2. The lowest BCUT2D eigenvalue weighted by atomic mass is 10.1. The molecule has 0 aliphatic carbocycles. The number of ether oxygens (including phenoxy) is 2. The quantitative estimate of drug-likeness (QED) is 0.470. The first-order chi connectivity index (χ1) is 12.0.